The van der Waals surface area contributed by atoms with Crippen molar-refractivity contribution in [1.82, 2.24) is 4.31 Å². The van der Waals surface area contributed by atoms with Crippen LogP contribution in [0.4, 0.5) is 0 Å². The maximum Gasteiger partial charge on any atom is 0.303 e. The molecule has 1 aromatic rings. The average molecular weight is 525 g/mol. The Morgan fingerprint density at radius 3 is 2.71 bits per heavy atom. The van der Waals surface area contributed by atoms with E-state index in [1.54, 1.807) is 12.2 Å². The van der Waals surface area contributed by atoms with Crippen LogP contribution in [0.1, 0.15) is 32.1 Å². The Kier molecular flexibility index (Phi) is 11.7. The summed E-state index contributed by atoms with van der Waals surface area (Å²) in [7, 11) is -3.35. The zero-order valence-electron chi connectivity index (χ0n) is 16.0. The lowest BCUT2D eigenvalue weighted by atomic mass is 10.2. The van der Waals surface area contributed by atoms with E-state index in [2.05, 4.69) is 22.6 Å². The molecule has 9 heteroatoms. The van der Waals surface area contributed by atoms with Crippen molar-refractivity contribution in [2.24, 2.45) is 0 Å². The summed E-state index contributed by atoms with van der Waals surface area (Å²) in [5.74, 6) is -0.146. The van der Waals surface area contributed by atoms with Gasteiger partial charge in [-0.15, -0.1) is 0 Å². The number of carboxylic acids is 1. The van der Waals surface area contributed by atoms with Gasteiger partial charge in [0.15, 0.2) is 0 Å². The fourth-order valence-electron chi connectivity index (χ4n) is 2.41. The molecule has 0 saturated heterocycles. The first-order chi connectivity index (χ1) is 13.2. The molecule has 0 spiro atoms. The van der Waals surface area contributed by atoms with Crippen LogP contribution in [0.2, 0.25) is 0 Å². The van der Waals surface area contributed by atoms with Crippen LogP contribution < -0.4 is 4.74 Å². The largest absolute Gasteiger partial charge is 0.491 e. The number of benzene rings is 1. The quantitative estimate of drug-likeness (QED) is 0.220. The molecule has 0 amide bonds. The Labute approximate surface area is 180 Å². The molecular formula is C19H28INO6S. The van der Waals surface area contributed by atoms with Crippen molar-refractivity contribution in [3.63, 3.8) is 0 Å². The monoisotopic (exact) mass is 525 g/mol. The van der Waals surface area contributed by atoms with Crippen LogP contribution in [0.25, 0.3) is 0 Å². The lowest BCUT2D eigenvalue weighted by Gasteiger charge is -2.19. The number of ether oxygens (including phenoxy) is 1. The lowest BCUT2D eigenvalue weighted by molar-refractivity contribution is -0.137. The molecule has 0 bridgehead atoms. The van der Waals surface area contributed by atoms with Gasteiger partial charge in [-0.05, 0) is 66.5 Å². The van der Waals surface area contributed by atoms with Gasteiger partial charge in [0, 0.05) is 23.1 Å². The molecule has 0 aromatic heterocycles. The zero-order chi connectivity index (χ0) is 21.0. The molecule has 1 unspecified atom stereocenters. The van der Waals surface area contributed by atoms with Crippen molar-refractivity contribution < 1.29 is 28.2 Å². The number of halogens is 1. The molecule has 0 aliphatic rings. The van der Waals surface area contributed by atoms with Crippen molar-refractivity contribution in [3.8, 4) is 5.75 Å². The van der Waals surface area contributed by atoms with E-state index in [1.807, 2.05) is 24.3 Å². The minimum Gasteiger partial charge on any atom is -0.491 e. The summed E-state index contributed by atoms with van der Waals surface area (Å²) in [5.41, 5.74) is 0. The van der Waals surface area contributed by atoms with Crippen LogP contribution in [0.15, 0.2) is 36.4 Å². The first-order valence-electron chi connectivity index (χ1n) is 9.07. The third kappa shape index (κ3) is 11.6. The van der Waals surface area contributed by atoms with E-state index in [1.165, 1.54) is 4.31 Å². The molecule has 0 saturated carbocycles. The third-order valence-electron chi connectivity index (χ3n) is 3.89. The van der Waals surface area contributed by atoms with Gasteiger partial charge in [-0.1, -0.05) is 18.2 Å². The van der Waals surface area contributed by atoms with Crippen LogP contribution >= 0.6 is 22.6 Å². The number of aliphatic hydroxyl groups is 1. The zero-order valence-corrected chi connectivity index (χ0v) is 18.9. The van der Waals surface area contributed by atoms with E-state index in [0.717, 1.165) is 9.83 Å². The highest BCUT2D eigenvalue weighted by molar-refractivity contribution is 14.1. The molecule has 0 aliphatic heterocycles. The Morgan fingerprint density at radius 1 is 1.32 bits per heavy atom. The minimum absolute atomic E-state index is 0.0994. The number of carboxylic acid groups (broad SMARTS) is 1. The summed E-state index contributed by atoms with van der Waals surface area (Å²) in [6.45, 7) is 0.696. The van der Waals surface area contributed by atoms with Gasteiger partial charge in [-0.3, -0.25) is 4.79 Å². The van der Waals surface area contributed by atoms with Crippen LogP contribution in [-0.4, -0.2) is 61.0 Å². The number of rotatable bonds is 14. The van der Waals surface area contributed by atoms with Gasteiger partial charge in [0.1, 0.15) is 12.4 Å². The number of carbonyl (C=O) groups is 1. The lowest BCUT2D eigenvalue weighted by Crippen LogP contribution is -2.32. The van der Waals surface area contributed by atoms with Gasteiger partial charge in [-0.2, -0.15) is 4.31 Å². The van der Waals surface area contributed by atoms with Gasteiger partial charge >= 0.3 is 5.97 Å². The van der Waals surface area contributed by atoms with Crippen LogP contribution in [0.3, 0.4) is 0 Å². The molecule has 0 aliphatic carbocycles. The second-order valence-corrected chi connectivity index (χ2v) is 9.67. The number of sulfonamides is 1. The Balaban J connectivity index is 2.34. The topological polar surface area (TPSA) is 104 Å². The summed E-state index contributed by atoms with van der Waals surface area (Å²) >= 11 is 2.18. The number of aliphatic hydroxyl groups excluding tert-OH is 1. The fourth-order valence-corrected chi connectivity index (χ4v) is 3.74. The summed E-state index contributed by atoms with van der Waals surface area (Å²) in [6, 6.07) is 7.53. The Morgan fingerprint density at radius 2 is 2.07 bits per heavy atom. The molecule has 1 aromatic carbocycles. The first kappa shape index (κ1) is 24.9. The standard InChI is InChI=1S/C19H28INO6S/c1-28(25,26)21(12-5-3-2-4-11-19(23)24)13-7-9-17(22)15-27-18-10-6-8-16(20)14-18/h3,5-6,8,10,14,17,22H,2,4,7,9,11-13,15H2,1H3,(H,23,24)/b5-3-. The molecule has 28 heavy (non-hydrogen) atoms. The van der Waals surface area contributed by atoms with Gasteiger partial charge in [0.2, 0.25) is 10.0 Å². The van der Waals surface area contributed by atoms with Crippen molar-refractivity contribution in [1.29, 1.82) is 0 Å². The number of nitrogens with zero attached hydrogens (tertiary/aromatic N) is 1. The SMILES string of the molecule is CS(=O)(=O)N(C/C=C\CCCC(=O)O)CCCC(O)COc1cccc(I)c1. The van der Waals surface area contributed by atoms with Gasteiger partial charge in [-0.25, -0.2) is 8.42 Å². The molecular weight excluding hydrogens is 497 g/mol. The van der Waals surface area contributed by atoms with Crippen molar-refractivity contribution in [3.05, 3.63) is 40.0 Å². The molecule has 0 fully saturated rings. The smallest absolute Gasteiger partial charge is 0.303 e. The predicted molar refractivity (Wildman–Crippen MR) is 117 cm³/mol. The first-order valence-corrected chi connectivity index (χ1v) is 12.0. The van der Waals surface area contributed by atoms with Crippen molar-refractivity contribution >= 4 is 38.6 Å². The summed E-state index contributed by atoms with van der Waals surface area (Å²) < 4.78 is 31.7. The highest BCUT2D eigenvalue weighted by Gasteiger charge is 2.15. The summed E-state index contributed by atoms with van der Waals surface area (Å²) in [6.07, 6.45) is 6.17. The number of hydrogen-bond acceptors (Lipinski definition) is 5. The number of aliphatic carboxylic acids is 1. The van der Waals surface area contributed by atoms with E-state index in [-0.39, 0.29) is 19.6 Å². The highest BCUT2D eigenvalue weighted by Crippen LogP contribution is 2.15. The molecule has 1 atom stereocenters. The molecule has 158 valence electrons. The van der Waals surface area contributed by atoms with Gasteiger partial charge in [0.05, 0.1) is 12.4 Å². The van der Waals surface area contributed by atoms with E-state index < -0.39 is 22.1 Å². The molecule has 7 nitrogen and oxygen atoms in total. The number of allylic oxidation sites excluding steroid dienone is 1. The van der Waals surface area contributed by atoms with Crippen molar-refractivity contribution in [2.75, 3.05) is 26.0 Å². The van der Waals surface area contributed by atoms with Crippen molar-refractivity contribution in [2.45, 2.75) is 38.2 Å². The number of unbranched alkanes of at least 4 members (excludes halogenated alkanes) is 1. The van der Waals surface area contributed by atoms with Crippen LogP contribution in [0, 0.1) is 3.57 Å². The predicted octanol–water partition coefficient (Wildman–Crippen LogP) is 2.88. The van der Waals surface area contributed by atoms with Crippen LogP contribution in [0.5, 0.6) is 5.75 Å². The normalized spacial score (nSPS) is 13.1. The third-order valence-corrected chi connectivity index (χ3v) is 5.83. The van der Waals surface area contributed by atoms with E-state index >= 15 is 0 Å². The minimum atomic E-state index is -3.35. The molecule has 0 heterocycles. The van der Waals surface area contributed by atoms with Gasteiger partial charge in [0.25, 0.3) is 0 Å². The van der Waals surface area contributed by atoms with Crippen LogP contribution in [-0.2, 0) is 14.8 Å². The van der Waals surface area contributed by atoms with Gasteiger partial charge < -0.3 is 14.9 Å². The molecule has 1 rings (SSSR count). The van der Waals surface area contributed by atoms with E-state index in [4.69, 9.17) is 9.84 Å². The molecule has 0 radical (unpaired) electrons. The second kappa shape index (κ2) is 13.1. The van der Waals surface area contributed by atoms with E-state index in [9.17, 15) is 18.3 Å². The fraction of sp³-hybridized carbons (Fsp3) is 0.526. The molecule has 2 N–H and O–H groups in total. The average Bonchev–Trinajstić information content (AvgIpc) is 2.60. The Bertz CT molecular complexity index is 738. The summed E-state index contributed by atoms with van der Waals surface area (Å²) in [4.78, 5) is 10.4. The highest BCUT2D eigenvalue weighted by atomic mass is 127. The second-order valence-electron chi connectivity index (χ2n) is 6.44. The number of hydrogen-bond donors (Lipinski definition) is 2. The maximum absolute atomic E-state index is 11.9. The summed E-state index contributed by atoms with van der Waals surface area (Å²) in [5, 5.41) is 18.6. The Hall–Kier alpha value is -1.17. The maximum atomic E-state index is 11.9. The van der Waals surface area contributed by atoms with E-state index in [0.29, 0.717) is 38.0 Å².